The first-order valence-electron chi connectivity index (χ1n) is 10.00. The van der Waals surface area contributed by atoms with Gasteiger partial charge >= 0.3 is 5.97 Å². The van der Waals surface area contributed by atoms with Crippen LogP contribution in [0.2, 0.25) is 0 Å². The van der Waals surface area contributed by atoms with Crippen LogP contribution in [-0.2, 0) is 6.54 Å². The molecule has 7 nitrogen and oxygen atoms in total. The predicted molar refractivity (Wildman–Crippen MR) is 111 cm³/mol. The molecule has 5 rings (SSSR count). The zero-order chi connectivity index (χ0) is 20.8. The highest BCUT2D eigenvalue weighted by atomic mass is 16.4. The smallest absolute Gasteiger partial charge is 0.335 e. The third kappa shape index (κ3) is 3.12. The van der Waals surface area contributed by atoms with E-state index in [1.165, 1.54) is 0 Å². The van der Waals surface area contributed by atoms with Gasteiger partial charge in [-0.25, -0.2) is 4.79 Å². The van der Waals surface area contributed by atoms with Crippen molar-refractivity contribution in [3.05, 3.63) is 82.0 Å². The molecule has 2 N–H and O–H groups in total. The van der Waals surface area contributed by atoms with Crippen LogP contribution in [0.15, 0.2) is 59.7 Å². The molecule has 0 aliphatic carbocycles. The SMILES string of the molecule is O=C(O)c1ccc(-c2cc3n(c(=O)c2)C[C@H]2C[C@@H]3CN(C(=O)c3cc[nH]c3)C2)cc1. The zero-order valence-electron chi connectivity index (χ0n) is 16.2. The maximum absolute atomic E-state index is 12.9. The largest absolute Gasteiger partial charge is 0.478 e. The lowest BCUT2D eigenvalue weighted by Crippen LogP contribution is -2.49. The molecule has 2 aliphatic heterocycles. The highest BCUT2D eigenvalue weighted by Gasteiger charge is 2.37. The number of hydrogen-bond donors (Lipinski definition) is 2. The third-order valence-electron chi connectivity index (χ3n) is 6.15. The lowest BCUT2D eigenvalue weighted by molar-refractivity contribution is 0.0594. The van der Waals surface area contributed by atoms with E-state index in [-0.39, 0.29) is 28.9 Å². The molecule has 7 heteroatoms. The molecule has 4 heterocycles. The Labute approximate surface area is 172 Å². The van der Waals surface area contributed by atoms with Crippen molar-refractivity contribution in [3.8, 4) is 11.1 Å². The number of amides is 1. The Bertz CT molecular complexity index is 1180. The lowest BCUT2D eigenvalue weighted by atomic mass is 9.82. The molecular formula is C23H21N3O4. The summed E-state index contributed by atoms with van der Waals surface area (Å²) in [5.74, 6) is -0.599. The number of nitrogens with one attached hydrogen (secondary N) is 1. The summed E-state index contributed by atoms with van der Waals surface area (Å²) in [7, 11) is 0. The number of piperidine rings is 1. The normalized spacial score (nSPS) is 19.9. The van der Waals surface area contributed by atoms with Gasteiger partial charge in [-0.15, -0.1) is 0 Å². The topological polar surface area (TPSA) is 95.4 Å². The molecule has 2 atom stereocenters. The van der Waals surface area contributed by atoms with E-state index in [1.54, 1.807) is 48.8 Å². The summed E-state index contributed by atoms with van der Waals surface area (Å²) >= 11 is 0. The van der Waals surface area contributed by atoms with Gasteiger partial charge in [-0.05, 0) is 47.7 Å². The van der Waals surface area contributed by atoms with Crippen LogP contribution in [0, 0.1) is 5.92 Å². The summed E-state index contributed by atoms with van der Waals surface area (Å²) < 4.78 is 1.84. The molecule has 0 spiro atoms. The Hall–Kier alpha value is -3.61. The molecule has 1 saturated heterocycles. The van der Waals surface area contributed by atoms with Crippen LogP contribution in [0.1, 0.15) is 38.7 Å². The van der Waals surface area contributed by atoms with Gasteiger partial charge in [0.15, 0.2) is 0 Å². The van der Waals surface area contributed by atoms with Crippen molar-refractivity contribution in [2.24, 2.45) is 5.92 Å². The predicted octanol–water partition coefficient (Wildman–Crippen LogP) is 2.80. The molecule has 2 bridgehead atoms. The van der Waals surface area contributed by atoms with Crippen LogP contribution in [0.4, 0.5) is 0 Å². The fourth-order valence-corrected chi connectivity index (χ4v) is 4.74. The summed E-state index contributed by atoms with van der Waals surface area (Å²) in [6.07, 6.45) is 4.41. The van der Waals surface area contributed by atoms with E-state index in [2.05, 4.69) is 4.98 Å². The van der Waals surface area contributed by atoms with E-state index in [9.17, 15) is 14.4 Å². The van der Waals surface area contributed by atoms with E-state index in [1.807, 2.05) is 15.5 Å². The minimum absolute atomic E-state index is 0.0159. The number of aromatic amines is 1. The average Bonchev–Trinajstić information content (AvgIpc) is 3.28. The number of carboxylic acid groups (broad SMARTS) is 1. The number of pyridine rings is 1. The van der Waals surface area contributed by atoms with Crippen LogP contribution in [0.25, 0.3) is 11.1 Å². The van der Waals surface area contributed by atoms with Gasteiger partial charge in [0.1, 0.15) is 0 Å². The number of aromatic carboxylic acids is 1. The summed E-state index contributed by atoms with van der Waals surface area (Å²) in [6.45, 7) is 1.85. The van der Waals surface area contributed by atoms with Gasteiger partial charge in [0.2, 0.25) is 0 Å². The fourth-order valence-electron chi connectivity index (χ4n) is 4.74. The standard InChI is InChI=1S/C23H21N3O4/c27-21-9-18(15-1-3-16(4-2-15)23(29)30)8-20-19-7-14(12-26(20)21)11-25(13-19)22(28)17-5-6-24-10-17/h1-6,8-10,14,19,24H,7,11-13H2,(H,29,30)/t14-,19+/m0/s1. The highest BCUT2D eigenvalue weighted by molar-refractivity contribution is 5.94. The van der Waals surface area contributed by atoms with Gasteiger partial charge in [0.05, 0.1) is 11.1 Å². The van der Waals surface area contributed by atoms with Crippen molar-refractivity contribution in [2.45, 2.75) is 18.9 Å². The number of nitrogens with zero attached hydrogens (tertiary/aromatic N) is 2. The summed E-state index contributed by atoms with van der Waals surface area (Å²) in [6, 6.07) is 12.0. The maximum atomic E-state index is 12.9. The van der Waals surface area contributed by atoms with Gasteiger partial charge < -0.3 is 19.6 Å². The van der Waals surface area contributed by atoms with Crippen molar-refractivity contribution >= 4 is 11.9 Å². The number of likely N-dealkylation sites (tertiary alicyclic amines) is 1. The molecule has 152 valence electrons. The fraction of sp³-hybridized carbons (Fsp3) is 0.261. The molecule has 30 heavy (non-hydrogen) atoms. The van der Waals surface area contributed by atoms with Crippen molar-refractivity contribution in [1.29, 1.82) is 0 Å². The monoisotopic (exact) mass is 403 g/mol. The molecular weight excluding hydrogens is 382 g/mol. The molecule has 0 saturated carbocycles. The van der Waals surface area contributed by atoms with Crippen LogP contribution >= 0.6 is 0 Å². The zero-order valence-corrected chi connectivity index (χ0v) is 16.2. The molecule has 1 aromatic carbocycles. The summed E-state index contributed by atoms with van der Waals surface area (Å²) in [4.78, 5) is 41.6. The van der Waals surface area contributed by atoms with Gasteiger partial charge in [-0.3, -0.25) is 9.59 Å². The number of aromatic nitrogens is 2. The number of carbonyl (C=O) groups excluding carboxylic acids is 1. The molecule has 0 radical (unpaired) electrons. The van der Waals surface area contributed by atoms with Crippen LogP contribution < -0.4 is 5.56 Å². The Balaban J connectivity index is 1.48. The molecule has 1 fully saturated rings. The second-order valence-electron chi connectivity index (χ2n) is 8.11. The minimum atomic E-state index is -0.979. The number of carbonyl (C=O) groups is 2. The molecule has 2 aliphatic rings. The first kappa shape index (κ1) is 18.4. The average molecular weight is 403 g/mol. The number of benzene rings is 1. The van der Waals surface area contributed by atoms with E-state index >= 15 is 0 Å². The maximum Gasteiger partial charge on any atom is 0.335 e. The van der Waals surface area contributed by atoms with Crippen molar-refractivity contribution in [2.75, 3.05) is 13.1 Å². The Morgan fingerprint density at radius 2 is 1.77 bits per heavy atom. The Kier molecular flexibility index (Phi) is 4.31. The Morgan fingerprint density at radius 1 is 0.967 bits per heavy atom. The van der Waals surface area contributed by atoms with Crippen molar-refractivity contribution < 1.29 is 14.7 Å². The lowest BCUT2D eigenvalue weighted by Gasteiger charge is -2.42. The number of hydrogen-bond acceptors (Lipinski definition) is 3. The van der Waals surface area contributed by atoms with E-state index < -0.39 is 5.97 Å². The summed E-state index contributed by atoms with van der Waals surface area (Å²) in [5, 5.41) is 9.10. The number of fused-ring (bicyclic) bond motifs is 4. The number of carboxylic acids is 1. The van der Waals surface area contributed by atoms with Gasteiger partial charge in [0, 0.05) is 49.7 Å². The van der Waals surface area contributed by atoms with Gasteiger partial charge in [-0.1, -0.05) is 12.1 Å². The van der Waals surface area contributed by atoms with Crippen LogP contribution in [0.5, 0.6) is 0 Å². The van der Waals surface area contributed by atoms with E-state index in [0.717, 1.165) is 23.2 Å². The second-order valence-corrected chi connectivity index (χ2v) is 8.11. The quantitative estimate of drug-likeness (QED) is 0.703. The first-order valence-corrected chi connectivity index (χ1v) is 10.00. The second kappa shape index (κ2) is 7.02. The minimum Gasteiger partial charge on any atom is -0.478 e. The van der Waals surface area contributed by atoms with Crippen molar-refractivity contribution in [1.82, 2.24) is 14.5 Å². The summed E-state index contributed by atoms with van der Waals surface area (Å²) in [5.41, 5.74) is 3.34. The highest BCUT2D eigenvalue weighted by Crippen LogP contribution is 2.37. The van der Waals surface area contributed by atoms with Crippen LogP contribution in [-0.4, -0.2) is 44.5 Å². The molecule has 3 aromatic rings. The van der Waals surface area contributed by atoms with Gasteiger partial charge in [-0.2, -0.15) is 0 Å². The molecule has 1 amide bonds. The molecule has 0 unspecified atom stereocenters. The van der Waals surface area contributed by atoms with Crippen molar-refractivity contribution in [3.63, 3.8) is 0 Å². The number of H-pyrrole nitrogens is 1. The Morgan fingerprint density at radius 3 is 2.47 bits per heavy atom. The van der Waals surface area contributed by atoms with E-state index in [0.29, 0.717) is 25.2 Å². The van der Waals surface area contributed by atoms with E-state index in [4.69, 9.17) is 5.11 Å². The number of rotatable bonds is 3. The molecule has 2 aromatic heterocycles. The first-order chi connectivity index (χ1) is 14.5. The van der Waals surface area contributed by atoms with Gasteiger partial charge in [0.25, 0.3) is 11.5 Å². The van der Waals surface area contributed by atoms with Crippen LogP contribution in [0.3, 0.4) is 0 Å². The third-order valence-corrected chi connectivity index (χ3v) is 6.15.